The van der Waals surface area contributed by atoms with Gasteiger partial charge in [0.15, 0.2) is 0 Å². The number of ether oxygens (including phenoxy) is 1. The Bertz CT molecular complexity index is 386. The standard InChI is InChI=1S/C19H41NO4Si/c1-10-17(25(21-11-2,22-12-3)23-13-4)24-16-14-15-20(9)19(7,8)18(16,5)6/h16-17H,10-15H2,1-9H3. The molecular weight excluding hydrogens is 334 g/mol. The summed E-state index contributed by atoms with van der Waals surface area (Å²) in [5.74, 6) is 0. The molecule has 0 aromatic rings. The average Bonchev–Trinajstić information content (AvgIpc) is 2.53. The zero-order chi connectivity index (χ0) is 19.3. The quantitative estimate of drug-likeness (QED) is 0.542. The molecule has 0 N–H and O–H groups in total. The van der Waals surface area contributed by atoms with Gasteiger partial charge in [0.25, 0.3) is 0 Å². The number of likely N-dealkylation sites (tertiary alicyclic amines) is 1. The van der Waals surface area contributed by atoms with Crippen molar-refractivity contribution in [3.8, 4) is 0 Å². The summed E-state index contributed by atoms with van der Waals surface area (Å²) >= 11 is 0. The van der Waals surface area contributed by atoms with E-state index in [0.29, 0.717) is 19.8 Å². The van der Waals surface area contributed by atoms with Crippen LogP contribution in [0, 0.1) is 5.41 Å². The van der Waals surface area contributed by atoms with Crippen molar-refractivity contribution < 1.29 is 18.0 Å². The molecule has 5 nitrogen and oxygen atoms in total. The molecule has 0 aromatic heterocycles. The van der Waals surface area contributed by atoms with Crippen molar-refractivity contribution in [2.45, 2.75) is 85.6 Å². The van der Waals surface area contributed by atoms with Crippen LogP contribution in [0.1, 0.15) is 68.2 Å². The molecule has 1 rings (SSSR count). The molecular formula is C19H41NO4Si. The van der Waals surface area contributed by atoms with Gasteiger partial charge in [-0.1, -0.05) is 20.8 Å². The van der Waals surface area contributed by atoms with Crippen molar-refractivity contribution in [1.82, 2.24) is 4.90 Å². The summed E-state index contributed by atoms with van der Waals surface area (Å²) in [4.78, 5) is 2.44. The van der Waals surface area contributed by atoms with Gasteiger partial charge in [-0.25, -0.2) is 0 Å². The molecule has 0 spiro atoms. The molecule has 6 heteroatoms. The van der Waals surface area contributed by atoms with Gasteiger partial charge in [0.1, 0.15) is 5.73 Å². The van der Waals surface area contributed by atoms with Crippen LogP contribution in [0.5, 0.6) is 0 Å². The van der Waals surface area contributed by atoms with Crippen LogP contribution < -0.4 is 0 Å². The van der Waals surface area contributed by atoms with Crippen LogP contribution >= 0.6 is 0 Å². The van der Waals surface area contributed by atoms with Crippen molar-refractivity contribution >= 4 is 8.80 Å². The molecule has 0 bridgehead atoms. The van der Waals surface area contributed by atoms with E-state index < -0.39 is 8.80 Å². The Balaban J connectivity index is 3.09. The predicted molar refractivity (Wildman–Crippen MR) is 105 cm³/mol. The van der Waals surface area contributed by atoms with Crippen molar-refractivity contribution in [2.75, 3.05) is 33.4 Å². The molecule has 25 heavy (non-hydrogen) atoms. The molecule has 0 amide bonds. The summed E-state index contributed by atoms with van der Waals surface area (Å²) in [7, 11) is -0.667. The normalized spacial score (nSPS) is 25.1. The van der Waals surface area contributed by atoms with E-state index in [1.54, 1.807) is 0 Å². The van der Waals surface area contributed by atoms with E-state index in [1.807, 2.05) is 20.8 Å². The van der Waals surface area contributed by atoms with Crippen molar-refractivity contribution in [3.05, 3.63) is 0 Å². The van der Waals surface area contributed by atoms with Gasteiger partial charge < -0.3 is 22.9 Å². The molecule has 0 radical (unpaired) electrons. The maximum Gasteiger partial charge on any atom is 0.531 e. The van der Waals surface area contributed by atoms with Crippen LogP contribution in [0.4, 0.5) is 0 Å². The lowest BCUT2D eigenvalue weighted by Gasteiger charge is -2.56. The van der Waals surface area contributed by atoms with E-state index in [9.17, 15) is 0 Å². The fraction of sp³-hybridized carbons (Fsp3) is 1.00. The van der Waals surface area contributed by atoms with Crippen LogP contribution in [0.3, 0.4) is 0 Å². The lowest BCUT2D eigenvalue weighted by molar-refractivity contribution is -0.154. The highest BCUT2D eigenvalue weighted by atomic mass is 28.4. The van der Waals surface area contributed by atoms with Crippen LogP contribution in [0.15, 0.2) is 0 Å². The molecule has 2 atom stereocenters. The monoisotopic (exact) mass is 375 g/mol. The predicted octanol–water partition coefficient (Wildman–Crippen LogP) is 3.88. The first-order valence-electron chi connectivity index (χ1n) is 9.91. The minimum Gasteiger partial charge on any atom is -0.372 e. The average molecular weight is 376 g/mol. The van der Waals surface area contributed by atoms with E-state index in [2.05, 4.69) is 46.6 Å². The number of hydrogen-bond acceptors (Lipinski definition) is 5. The maximum absolute atomic E-state index is 6.72. The third kappa shape index (κ3) is 4.65. The Kier molecular flexibility index (Phi) is 8.56. The first-order chi connectivity index (χ1) is 11.6. The van der Waals surface area contributed by atoms with Gasteiger partial charge in [-0.05, 0) is 54.5 Å². The van der Waals surface area contributed by atoms with Crippen molar-refractivity contribution in [2.24, 2.45) is 5.41 Å². The molecule has 0 saturated carbocycles. The Morgan fingerprint density at radius 2 is 1.44 bits per heavy atom. The Hall–Kier alpha value is 0.0169. The Morgan fingerprint density at radius 3 is 1.84 bits per heavy atom. The molecule has 1 saturated heterocycles. The van der Waals surface area contributed by atoms with Gasteiger partial charge in [-0.3, -0.25) is 0 Å². The SMILES string of the molecule is CCO[Si](OCC)(OCC)C(CC)OC1CCN(C)C(C)(C)C1(C)C. The molecule has 0 aromatic carbocycles. The molecule has 2 unspecified atom stereocenters. The van der Waals surface area contributed by atoms with E-state index in [-0.39, 0.29) is 22.8 Å². The topological polar surface area (TPSA) is 40.2 Å². The van der Waals surface area contributed by atoms with Gasteiger partial charge >= 0.3 is 8.80 Å². The van der Waals surface area contributed by atoms with Crippen molar-refractivity contribution in [3.63, 3.8) is 0 Å². The summed E-state index contributed by atoms with van der Waals surface area (Å²) in [5.41, 5.74) is -0.0599. The first-order valence-corrected chi connectivity index (χ1v) is 11.7. The highest BCUT2D eigenvalue weighted by Crippen LogP contribution is 2.45. The summed E-state index contributed by atoms with van der Waals surface area (Å²) in [6.07, 6.45) is 1.99. The molecule has 1 heterocycles. The third-order valence-corrected chi connectivity index (χ3v) is 9.60. The van der Waals surface area contributed by atoms with Crippen LogP contribution in [-0.4, -0.2) is 64.5 Å². The smallest absolute Gasteiger partial charge is 0.372 e. The molecule has 1 fully saturated rings. The summed E-state index contributed by atoms with van der Waals surface area (Å²) in [5, 5.41) is 0. The summed E-state index contributed by atoms with van der Waals surface area (Å²) in [6, 6.07) is 0. The molecule has 150 valence electrons. The van der Waals surface area contributed by atoms with Gasteiger partial charge in [0.2, 0.25) is 0 Å². The molecule has 1 aliphatic rings. The van der Waals surface area contributed by atoms with E-state index in [1.165, 1.54) is 0 Å². The minimum absolute atomic E-state index is 0.0121. The third-order valence-electron chi connectivity index (χ3n) is 6.19. The Morgan fingerprint density at radius 1 is 0.960 bits per heavy atom. The second kappa shape index (κ2) is 9.29. The Labute approximate surface area is 156 Å². The van der Waals surface area contributed by atoms with E-state index in [0.717, 1.165) is 19.4 Å². The first kappa shape index (κ1) is 23.1. The number of rotatable bonds is 10. The number of piperidine rings is 1. The summed E-state index contributed by atoms with van der Waals surface area (Å²) in [6.45, 7) is 20.1. The van der Waals surface area contributed by atoms with Gasteiger partial charge in [0.05, 0.1) is 6.10 Å². The zero-order valence-corrected chi connectivity index (χ0v) is 19.0. The highest BCUT2D eigenvalue weighted by Gasteiger charge is 2.55. The fourth-order valence-corrected chi connectivity index (χ4v) is 6.56. The molecule has 1 aliphatic heterocycles. The van der Waals surface area contributed by atoms with Gasteiger partial charge in [-0.15, -0.1) is 0 Å². The van der Waals surface area contributed by atoms with Crippen molar-refractivity contribution in [1.29, 1.82) is 0 Å². The zero-order valence-electron chi connectivity index (χ0n) is 18.0. The van der Waals surface area contributed by atoms with Crippen LogP contribution in [-0.2, 0) is 18.0 Å². The van der Waals surface area contributed by atoms with Crippen LogP contribution in [0.25, 0.3) is 0 Å². The van der Waals surface area contributed by atoms with E-state index in [4.69, 9.17) is 18.0 Å². The lowest BCUT2D eigenvalue weighted by atomic mass is 9.66. The summed E-state index contributed by atoms with van der Waals surface area (Å²) < 4.78 is 25.0. The maximum atomic E-state index is 6.72. The lowest BCUT2D eigenvalue weighted by Crippen LogP contribution is -2.65. The minimum atomic E-state index is -2.87. The second-order valence-corrected chi connectivity index (χ2v) is 10.6. The van der Waals surface area contributed by atoms with Crippen LogP contribution in [0.2, 0.25) is 0 Å². The number of nitrogens with zero attached hydrogens (tertiary/aromatic N) is 1. The fourth-order valence-electron chi connectivity index (χ4n) is 3.71. The van der Waals surface area contributed by atoms with Gasteiger partial charge in [0, 0.05) is 37.3 Å². The second-order valence-electron chi connectivity index (χ2n) is 7.92. The van der Waals surface area contributed by atoms with Gasteiger partial charge in [-0.2, -0.15) is 0 Å². The highest BCUT2D eigenvalue weighted by molar-refractivity contribution is 6.62. The molecule has 0 aliphatic carbocycles. The van der Waals surface area contributed by atoms with E-state index >= 15 is 0 Å². The number of hydrogen-bond donors (Lipinski definition) is 0. The largest absolute Gasteiger partial charge is 0.531 e.